The summed E-state index contributed by atoms with van der Waals surface area (Å²) in [4.78, 5) is 26.8. The van der Waals surface area contributed by atoms with Gasteiger partial charge in [-0.05, 0) is 54.1 Å². The van der Waals surface area contributed by atoms with Crippen LogP contribution in [-0.4, -0.2) is 27.6 Å². The highest BCUT2D eigenvalue weighted by Crippen LogP contribution is 2.34. The van der Waals surface area contributed by atoms with E-state index in [1.807, 2.05) is 0 Å². The number of hydrogen-bond donors (Lipinski definition) is 1. The molecule has 0 spiro atoms. The molecule has 0 atom stereocenters. The van der Waals surface area contributed by atoms with E-state index in [2.05, 4.69) is 5.32 Å². The SMILES string of the molecule is O=C(COc1ccc(/C=C2\SC(=S)N(Cc3ccco3)C2=O)cc1)Nc1ccc(Cl)c(Cl)c1. The molecule has 3 aromatic rings. The van der Waals surface area contributed by atoms with Crippen molar-refractivity contribution in [3.05, 3.63) is 87.1 Å². The molecule has 0 unspecified atom stereocenters. The Morgan fingerprint density at radius 2 is 1.94 bits per heavy atom. The summed E-state index contributed by atoms with van der Waals surface area (Å²) < 4.78 is 11.3. The number of furan rings is 1. The van der Waals surface area contributed by atoms with Crippen LogP contribution in [0.3, 0.4) is 0 Å². The third-order valence-corrected chi connectivity index (χ3v) is 6.64. The highest BCUT2D eigenvalue weighted by atomic mass is 35.5. The molecule has 6 nitrogen and oxygen atoms in total. The molecule has 1 fully saturated rings. The predicted molar refractivity (Wildman–Crippen MR) is 134 cm³/mol. The summed E-state index contributed by atoms with van der Waals surface area (Å²) in [6, 6.07) is 15.4. The largest absolute Gasteiger partial charge is 0.484 e. The molecule has 1 N–H and O–H groups in total. The first kappa shape index (κ1) is 23.4. The zero-order valence-corrected chi connectivity index (χ0v) is 20.1. The van der Waals surface area contributed by atoms with Crippen LogP contribution < -0.4 is 10.1 Å². The summed E-state index contributed by atoms with van der Waals surface area (Å²) >= 11 is 18.4. The van der Waals surface area contributed by atoms with Gasteiger partial charge in [-0.3, -0.25) is 14.5 Å². The van der Waals surface area contributed by atoms with Gasteiger partial charge in [0.1, 0.15) is 15.8 Å². The van der Waals surface area contributed by atoms with Crippen LogP contribution in [-0.2, 0) is 16.1 Å². The molecule has 0 aliphatic carbocycles. The lowest BCUT2D eigenvalue weighted by Crippen LogP contribution is -2.27. The highest BCUT2D eigenvalue weighted by Gasteiger charge is 2.32. The summed E-state index contributed by atoms with van der Waals surface area (Å²) in [5.74, 6) is 0.678. The van der Waals surface area contributed by atoms with Gasteiger partial charge >= 0.3 is 0 Å². The molecule has 4 rings (SSSR count). The minimum absolute atomic E-state index is 0.166. The monoisotopic (exact) mass is 518 g/mol. The van der Waals surface area contributed by atoms with Gasteiger partial charge in [0.25, 0.3) is 11.8 Å². The van der Waals surface area contributed by atoms with E-state index in [9.17, 15) is 9.59 Å². The third-order valence-electron chi connectivity index (χ3n) is 4.52. The number of thioether (sulfide) groups is 1. The van der Waals surface area contributed by atoms with Crippen LogP contribution >= 0.6 is 47.2 Å². The molecule has 0 saturated carbocycles. The van der Waals surface area contributed by atoms with Crippen LogP contribution in [0.2, 0.25) is 10.0 Å². The quantitative estimate of drug-likeness (QED) is 0.305. The Bertz CT molecular complexity index is 1230. The van der Waals surface area contributed by atoms with Crippen molar-refractivity contribution in [2.75, 3.05) is 11.9 Å². The Hall–Kier alpha value is -2.78. The lowest BCUT2D eigenvalue weighted by Gasteiger charge is -2.12. The maximum absolute atomic E-state index is 12.7. The summed E-state index contributed by atoms with van der Waals surface area (Å²) in [5, 5.41) is 3.45. The number of hydrogen-bond acceptors (Lipinski definition) is 6. The van der Waals surface area contributed by atoms with Gasteiger partial charge < -0.3 is 14.5 Å². The van der Waals surface area contributed by atoms with Crippen molar-refractivity contribution >= 4 is 75.1 Å². The van der Waals surface area contributed by atoms with Crippen LogP contribution in [0.15, 0.2) is 70.2 Å². The first-order chi connectivity index (χ1) is 15.9. The molecule has 168 valence electrons. The van der Waals surface area contributed by atoms with E-state index in [4.69, 9.17) is 44.6 Å². The second-order valence-corrected chi connectivity index (χ2v) is 9.37. The van der Waals surface area contributed by atoms with Gasteiger partial charge in [-0.15, -0.1) is 0 Å². The fourth-order valence-corrected chi connectivity index (χ4v) is 4.48. The molecule has 2 amide bonds. The topological polar surface area (TPSA) is 71.8 Å². The van der Waals surface area contributed by atoms with Gasteiger partial charge in [0.2, 0.25) is 0 Å². The smallest absolute Gasteiger partial charge is 0.266 e. The molecule has 2 heterocycles. The van der Waals surface area contributed by atoms with Crippen molar-refractivity contribution in [2.45, 2.75) is 6.54 Å². The van der Waals surface area contributed by atoms with Crippen LogP contribution in [0.25, 0.3) is 6.08 Å². The van der Waals surface area contributed by atoms with Crippen LogP contribution in [0.1, 0.15) is 11.3 Å². The van der Waals surface area contributed by atoms with Crippen molar-refractivity contribution in [3.63, 3.8) is 0 Å². The number of halogens is 2. The van der Waals surface area contributed by atoms with E-state index in [-0.39, 0.29) is 18.4 Å². The Kier molecular flexibility index (Phi) is 7.39. The molecule has 33 heavy (non-hydrogen) atoms. The second kappa shape index (κ2) is 10.4. The maximum Gasteiger partial charge on any atom is 0.266 e. The Morgan fingerprint density at radius 1 is 1.15 bits per heavy atom. The zero-order valence-electron chi connectivity index (χ0n) is 16.9. The van der Waals surface area contributed by atoms with E-state index in [1.54, 1.807) is 66.9 Å². The first-order valence-electron chi connectivity index (χ1n) is 9.64. The van der Waals surface area contributed by atoms with Crippen molar-refractivity contribution in [1.29, 1.82) is 0 Å². The van der Waals surface area contributed by atoms with Gasteiger partial charge in [-0.1, -0.05) is 59.3 Å². The molecular weight excluding hydrogens is 503 g/mol. The van der Waals surface area contributed by atoms with E-state index < -0.39 is 0 Å². The standard InChI is InChI=1S/C23H16Cl2N2O4S2/c24-18-8-5-15(11-19(18)25)26-21(28)13-31-16-6-3-14(4-7-16)10-20-22(29)27(23(32)33-20)12-17-2-1-9-30-17/h1-11H,12-13H2,(H,26,28)/b20-10-. The molecule has 1 aromatic heterocycles. The second-order valence-electron chi connectivity index (χ2n) is 6.88. The highest BCUT2D eigenvalue weighted by molar-refractivity contribution is 8.26. The van der Waals surface area contributed by atoms with Gasteiger partial charge in [-0.25, -0.2) is 0 Å². The third kappa shape index (κ3) is 5.97. The Balaban J connectivity index is 1.33. The van der Waals surface area contributed by atoms with E-state index >= 15 is 0 Å². The number of carbonyl (C=O) groups excluding carboxylic acids is 2. The minimum Gasteiger partial charge on any atom is -0.484 e. The summed E-state index contributed by atoms with van der Waals surface area (Å²) in [5.41, 5.74) is 1.33. The van der Waals surface area contributed by atoms with Gasteiger partial charge in [0, 0.05) is 5.69 Å². The molecule has 1 aliphatic rings. The zero-order chi connectivity index (χ0) is 23.4. The Labute approximate surface area is 209 Å². The fourth-order valence-electron chi connectivity index (χ4n) is 2.93. The number of ether oxygens (including phenoxy) is 1. The molecule has 1 aliphatic heterocycles. The van der Waals surface area contributed by atoms with E-state index in [0.29, 0.717) is 43.0 Å². The minimum atomic E-state index is -0.335. The van der Waals surface area contributed by atoms with Crippen molar-refractivity contribution in [2.24, 2.45) is 0 Å². The normalized spacial score (nSPS) is 14.7. The van der Waals surface area contributed by atoms with Gasteiger partial charge in [0.15, 0.2) is 6.61 Å². The maximum atomic E-state index is 12.7. The Morgan fingerprint density at radius 3 is 2.64 bits per heavy atom. The van der Waals surface area contributed by atoms with E-state index in [0.717, 1.165) is 5.56 Å². The molecule has 0 bridgehead atoms. The number of benzene rings is 2. The number of nitrogens with zero attached hydrogens (tertiary/aromatic N) is 1. The van der Waals surface area contributed by atoms with Crippen LogP contribution in [0.4, 0.5) is 5.69 Å². The average Bonchev–Trinajstić information content (AvgIpc) is 3.40. The average molecular weight is 519 g/mol. The number of thiocarbonyl (C=S) groups is 1. The van der Waals surface area contributed by atoms with Crippen LogP contribution in [0, 0.1) is 0 Å². The number of amides is 2. The predicted octanol–water partition coefficient (Wildman–Crippen LogP) is 6.01. The molecule has 1 saturated heterocycles. The lowest BCUT2D eigenvalue weighted by molar-refractivity contribution is -0.122. The van der Waals surface area contributed by atoms with Crippen LogP contribution in [0.5, 0.6) is 5.75 Å². The first-order valence-corrected chi connectivity index (χ1v) is 11.6. The number of nitrogens with one attached hydrogen (secondary N) is 1. The number of carbonyl (C=O) groups is 2. The van der Waals surface area contributed by atoms with E-state index in [1.165, 1.54) is 16.7 Å². The molecule has 10 heteroatoms. The van der Waals surface area contributed by atoms with Gasteiger partial charge in [-0.2, -0.15) is 0 Å². The van der Waals surface area contributed by atoms with Crippen molar-refractivity contribution in [1.82, 2.24) is 4.90 Å². The summed E-state index contributed by atoms with van der Waals surface area (Å²) in [6.45, 7) is 0.122. The van der Waals surface area contributed by atoms with Crippen molar-refractivity contribution < 1.29 is 18.7 Å². The summed E-state index contributed by atoms with van der Waals surface area (Å²) in [7, 11) is 0. The fraction of sp³-hybridized carbons (Fsp3) is 0.0870. The molecule has 0 radical (unpaired) electrons. The van der Waals surface area contributed by atoms with Crippen molar-refractivity contribution in [3.8, 4) is 5.75 Å². The van der Waals surface area contributed by atoms with Gasteiger partial charge in [0.05, 0.1) is 27.8 Å². The number of anilines is 1. The summed E-state index contributed by atoms with van der Waals surface area (Å²) in [6.07, 6.45) is 3.32. The lowest BCUT2D eigenvalue weighted by atomic mass is 10.2. The molecule has 2 aromatic carbocycles. The molecular formula is C23H16Cl2N2O4S2. The number of rotatable bonds is 7.